The molecule has 1 aliphatic carbocycles. The van der Waals surface area contributed by atoms with Gasteiger partial charge in [-0.3, -0.25) is 0 Å². The Balaban J connectivity index is 1.59. The Morgan fingerprint density at radius 2 is 1.52 bits per heavy atom. The second-order valence-electron chi connectivity index (χ2n) is 6.55. The standard InChI is InChI=1S/C20H23N/c1-2-6-15(7-3-1)14-20-19(12-13-21-20)18-9-5-4-8-17(18)16-10-11-16/h1-9,16,19-21H,10-14H2. The van der Waals surface area contributed by atoms with E-state index in [1.54, 1.807) is 11.1 Å². The molecule has 0 amide bonds. The summed E-state index contributed by atoms with van der Waals surface area (Å²) in [6.45, 7) is 1.15. The minimum absolute atomic E-state index is 0.590. The van der Waals surface area contributed by atoms with Crippen LogP contribution < -0.4 is 5.32 Å². The summed E-state index contributed by atoms with van der Waals surface area (Å²) in [5.74, 6) is 1.53. The van der Waals surface area contributed by atoms with Gasteiger partial charge in [-0.15, -0.1) is 0 Å². The molecule has 1 saturated heterocycles. The highest BCUT2D eigenvalue weighted by Gasteiger charge is 2.33. The average Bonchev–Trinajstić information content (AvgIpc) is 3.29. The summed E-state index contributed by atoms with van der Waals surface area (Å²) < 4.78 is 0. The fraction of sp³-hybridized carbons (Fsp3) is 0.400. The van der Waals surface area contributed by atoms with Crippen LogP contribution in [0.2, 0.25) is 0 Å². The lowest BCUT2D eigenvalue weighted by Crippen LogP contribution is -2.28. The van der Waals surface area contributed by atoms with E-state index in [0.29, 0.717) is 12.0 Å². The highest BCUT2D eigenvalue weighted by Crippen LogP contribution is 2.45. The van der Waals surface area contributed by atoms with E-state index >= 15 is 0 Å². The molecule has 2 fully saturated rings. The maximum Gasteiger partial charge on any atom is 0.0177 e. The van der Waals surface area contributed by atoms with Crippen molar-refractivity contribution in [2.24, 2.45) is 0 Å². The van der Waals surface area contributed by atoms with E-state index in [0.717, 1.165) is 18.9 Å². The van der Waals surface area contributed by atoms with Crippen LogP contribution in [0, 0.1) is 0 Å². The van der Waals surface area contributed by atoms with Gasteiger partial charge in [-0.05, 0) is 54.8 Å². The van der Waals surface area contributed by atoms with Gasteiger partial charge in [-0.1, -0.05) is 54.6 Å². The van der Waals surface area contributed by atoms with Crippen LogP contribution >= 0.6 is 0 Å². The van der Waals surface area contributed by atoms with Gasteiger partial charge < -0.3 is 5.32 Å². The lowest BCUT2D eigenvalue weighted by molar-refractivity contribution is 0.541. The topological polar surface area (TPSA) is 12.0 Å². The van der Waals surface area contributed by atoms with Crippen LogP contribution in [0.5, 0.6) is 0 Å². The highest BCUT2D eigenvalue weighted by atomic mass is 14.9. The SMILES string of the molecule is c1ccc(CC2NCCC2c2ccccc2C2CC2)cc1. The molecule has 1 heterocycles. The van der Waals surface area contributed by atoms with Gasteiger partial charge in [0.1, 0.15) is 0 Å². The van der Waals surface area contributed by atoms with Crippen molar-refractivity contribution in [1.82, 2.24) is 5.32 Å². The lowest BCUT2D eigenvalue weighted by Gasteiger charge is -2.23. The van der Waals surface area contributed by atoms with Gasteiger partial charge >= 0.3 is 0 Å². The fourth-order valence-electron chi connectivity index (χ4n) is 3.84. The van der Waals surface area contributed by atoms with Crippen LogP contribution in [-0.2, 0) is 6.42 Å². The van der Waals surface area contributed by atoms with Crippen molar-refractivity contribution in [3.05, 3.63) is 71.3 Å². The molecular formula is C20H23N. The predicted octanol–water partition coefficient (Wildman–Crippen LogP) is 4.25. The van der Waals surface area contributed by atoms with Gasteiger partial charge in [-0.2, -0.15) is 0 Å². The molecule has 2 aromatic rings. The summed E-state index contributed by atoms with van der Waals surface area (Å²) in [4.78, 5) is 0. The minimum Gasteiger partial charge on any atom is -0.313 e. The summed E-state index contributed by atoms with van der Waals surface area (Å²) in [7, 11) is 0. The van der Waals surface area contributed by atoms with Gasteiger partial charge in [0.05, 0.1) is 0 Å². The summed E-state index contributed by atoms with van der Waals surface area (Å²) in [6.07, 6.45) is 5.20. The van der Waals surface area contributed by atoms with E-state index in [1.165, 1.54) is 24.8 Å². The number of nitrogens with one attached hydrogen (secondary N) is 1. The van der Waals surface area contributed by atoms with Crippen molar-refractivity contribution in [2.75, 3.05) is 6.54 Å². The van der Waals surface area contributed by atoms with Crippen molar-refractivity contribution in [3.8, 4) is 0 Å². The molecule has 0 aromatic heterocycles. The van der Waals surface area contributed by atoms with E-state index in [2.05, 4.69) is 59.9 Å². The zero-order valence-electron chi connectivity index (χ0n) is 12.5. The first-order valence-corrected chi connectivity index (χ1v) is 8.28. The van der Waals surface area contributed by atoms with E-state index < -0.39 is 0 Å². The zero-order chi connectivity index (χ0) is 14.1. The minimum atomic E-state index is 0.590. The van der Waals surface area contributed by atoms with E-state index in [1.807, 2.05) is 0 Å². The molecule has 108 valence electrons. The first-order chi connectivity index (χ1) is 10.4. The Bertz CT molecular complexity index is 600. The predicted molar refractivity (Wildman–Crippen MR) is 87.7 cm³/mol. The molecule has 0 bridgehead atoms. The van der Waals surface area contributed by atoms with Gasteiger partial charge in [0.25, 0.3) is 0 Å². The Hall–Kier alpha value is -1.60. The largest absolute Gasteiger partial charge is 0.313 e. The number of hydrogen-bond acceptors (Lipinski definition) is 1. The van der Waals surface area contributed by atoms with Crippen LogP contribution in [0.15, 0.2) is 54.6 Å². The number of hydrogen-bond donors (Lipinski definition) is 1. The van der Waals surface area contributed by atoms with Gasteiger partial charge in [0, 0.05) is 12.0 Å². The first-order valence-electron chi connectivity index (χ1n) is 8.28. The fourth-order valence-corrected chi connectivity index (χ4v) is 3.84. The van der Waals surface area contributed by atoms with Crippen molar-refractivity contribution >= 4 is 0 Å². The lowest BCUT2D eigenvalue weighted by atomic mass is 9.84. The maximum absolute atomic E-state index is 3.74. The van der Waals surface area contributed by atoms with Gasteiger partial charge in [-0.25, -0.2) is 0 Å². The number of benzene rings is 2. The Labute approximate surface area is 127 Å². The normalized spacial score (nSPS) is 25.1. The summed E-state index contributed by atoms with van der Waals surface area (Å²) in [5, 5.41) is 3.74. The summed E-state index contributed by atoms with van der Waals surface area (Å²) in [6, 6.07) is 20.7. The molecule has 2 aromatic carbocycles. The molecular weight excluding hydrogens is 254 g/mol. The highest BCUT2D eigenvalue weighted by molar-refractivity contribution is 5.37. The monoisotopic (exact) mass is 277 g/mol. The second kappa shape index (κ2) is 5.65. The van der Waals surface area contributed by atoms with Crippen molar-refractivity contribution < 1.29 is 0 Å². The van der Waals surface area contributed by atoms with Crippen LogP contribution in [0.25, 0.3) is 0 Å². The molecule has 21 heavy (non-hydrogen) atoms. The van der Waals surface area contributed by atoms with Crippen molar-refractivity contribution in [3.63, 3.8) is 0 Å². The smallest absolute Gasteiger partial charge is 0.0177 e. The maximum atomic E-state index is 3.74. The molecule has 1 N–H and O–H groups in total. The third-order valence-electron chi connectivity index (χ3n) is 5.06. The van der Waals surface area contributed by atoms with E-state index in [9.17, 15) is 0 Å². The van der Waals surface area contributed by atoms with Gasteiger partial charge in [0.2, 0.25) is 0 Å². The summed E-state index contributed by atoms with van der Waals surface area (Å²) in [5.41, 5.74) is 4.70. The molecule has 0 spiro atoms. The van der Waals surface area contributed by atoms with E-state index in [4.69, 9.17) is 0 Å². The van der Waals surface area contributed by atoms with Crippen LogP contribution in [0.1, 0.15) is 47.8 Å². The molecule has 1 saturated carbocycles. The molecule has 0 radical (unpaired) electrons. The Morgan fingerprint density at radius 3 is 2.29 bits per heavy atom. The Morgan fingerprint density at radius 1 is 0.810 bits per heavy atom. The first kappa shape index (κ1) is 13.1. The third kappa shape index (κ3) is 2.75. The molecule has 1 nitrogen and oxygen atoms in total. The summed E-state index contributed by atoms with van der Waals surface area (Å²) >= 11 is 0. The average molecular weight is 277 g/mol. The van der Waals surface area contributed by atoms with Gasteiger partial charge in [0.15, 0.2) is 0 Å². The van der Waals surface area contributed by atoms with Crippen molar-refractivity contribution in [1.29, 1.82) is 0 Å². The molecule has 2 unspecified atom stereocenters. The quantitative estimate of drug-likeness (QED) is 0.881. The number of rotatable bonds is 4. The molecule has 4 rings (SSSR count). The van der Waals surface area contributed by atoms with E-state index in [-0.39, 0.29) is 0 Å². The van der Waals surface area contributed by atoms with Crippen LogP contribution in [0.3, 0.4) is 0 Å². The molecule has 2 atom stereocenters. The van der Waals surface area contributed by atoms with Crippen LogP contribution in [0.4, 0.5) is 0 Å². The third-order valence-corrected chi connectivity index (χ3v) is 5.06. The molecule has 1 heteroatoms. The zero-order valence-corrected chi connectivity index (χ0v) is 12.5. The molecule has 2 aliphatic rings. The molecule has 1 aliphatic heterocycles. The van der Waals surface area contributed by atoms with Crippen molar-refractivity contribution in [2.45, 2.75) is 43.6 Å². The second-order valence-corrected chi connectivity index (χ2v) is 6.55. The van der Waals surface area contributed by atoms with Crippen LogP contribution in [-0.4, -0.2) is 12.6 Å². The Kier molecular flexibility index (Phi) is 3.52.